The second-order valence-corrected chi connectivity index (χ2v) is 3.54. The molecule has 0 spiro atoms. The van der Waals surface area contributed by atoms with Crippen molar-refractivity contribution in [2.75, 3.05) is 13.0 Å². The lowest BCUT2D eigenvalue weighted by atomic mass is 10.2. The Hall–Kier alpha value is -0.510. The van der Waals surface area contributed by atoms with Crippen LogP contribution in [0, 0.1) is 6.92 Å². The minimum Gasteiger partial charge on any atom is -0.364 e. The van der Waals surface area contributed by atoms with Crippen molar-refractivity contribution in [2.24, 2.45) is 0 Å². The number of hydrogen-bond donors (Lipinski definition) is 0. The molecular weight excluding hydrogens is 184 g/mol. The van der Waals surface area contributed by atoms with Crippen molar-refractivity contribution < 1.29 is 8.92 Å². The molecule has 0 aromatic heterocycles. The average Bonchev–Trinajstić information content (AvgIpc) is 2.15. The second-order valence-electron chi connectivity index (χ2n) is 2.74. The maximum atomic E-state index is 5.34. The summed E-state index contributed by atoms with van der Waals surface area (Å²) in [6.45, 7) is 2.72. The minimum absolute atomic E-state index is 0.574. The van der Waals surface area contributed by atoms with Crippen molar-refractivity contribution in [1.82, 2.24) is 0 Å². The molecule has 0 heterocycles. The summed E-state index contributed by atoms with van der Waals surface area (Å²) in [7, 11) is 1.64. The molecule has 0 saturated carbocycles. The fourth-order valence-corrected chi connectivity index (χ4v) is 1.17. The van der Waals surface area contributed by atoms with Gasteiger partial charge in [-0.1, -0.05) is 29.8 Å². The normalized spacial score (nSPS) is 10.3. The number of ether oxygens (including phenoxy) is 1. The average molecular weight is 198 g/mol. The van der Waals surface area contributed by atoms with E-state index in [1.165, 1.54) is 23.2 Å². The van der Waals surface area contributed by atoms with E-state index < -0.39 is 0 Å². The lowest BCUT2D eigenvalue weighted by Crippen LogP contribution is -1.92. The zero-order valence-corrected chi connectivity index (χ0v) is 8.76. The highest BCUT2D eigenvalue weighted by atomic mass is 32.2. The Morgan fingerprint density at radius 3 is 2.54 bits per heavy atom. The van der Waals surface area contributed by atoms with Crippen molar-refractivity contribution in [1.29, 1.82) is 0 Å². The van der Waals surface area contributed by atoms with Gasteiger partial charge >= 0.3 is 0 Å². The van der Waals surface area contributed by atoms with Crippen molar-refractivity contribution >= 4 is 12.0 Å². The zero-order chi connectivity index (χ0) is 9.52. The van der Waals surface area contributed by atoms with Gasteiger partial charge in [0, 0.05) is 12.0 Å². The Bertz CT molecular complexity index is 233. The number of aryl methyl sites for hydroxylation is 1. The molecule has 0 radical (unpaired) electrons. The van der Waals surface area contributed by atoms with E-state index in [1.807, 2.05) is 0 Å². The third-order valence-corrected chi connectivity index (χ3v) is 2.14. The van der Waals surface area contributed by atoms with Crippen molar-refractivity contribution in [3.05, 3.63) is 35.4 Å². The van der Waals surface area contributed by atoms with Crippen LogP contribution in [-0.4, -0.2) is 13.0 Å². The highest BCUT2D eigenvalue weighted by molar-refractivity contribution is 7.94. The van der Waals surface area contributed by atoms with E-state index in [2.05, 4.69) is 31.2 Å². The first-order valence-corrected chi connectivity index (χ1v) is 5.03. The van der Waals surface area contributed by atoms with E-state index in [4.69, 9.17) is 8.92 Å². The largest absolute Gasteiger partial charge is 0.364 e. The molecule has 2 nitrogen and oxygen atoms in total. The van der Waals surface area contributed by atoms with Gasteiger partial charge in [-0.2, -0.15) is 0 Å². The molecule has 0 saturated heterocycles. The van der Waals surface area contributed by atoms with Crippen LogP contribution >= 0.6 is 12.0 Å². The van der Waals surface area contributed by atoms with Gasteiger partial charge in [-0.25, -0.2) is 0 Å². The Morgan fingerprint density at radius 2 is 1.92 bits per heavy atom. The maximum Gasteiger partial charge on any atom is 0.118 e. The van der Waals surface area contributed by atoms with Crippen LogP contribution in [0.4, 0.5) is 0 Å². The smallest absolute Gasteiger partial charge is 0.118 e. The summed E-state index contributed by atoms with van der Waals surface area (Å²) >= 11 is 1.31. The minimum atomic E-state index is 0.574. The molecule has 0 unspecified atom stereocenters. The van der Waals surface area contributed by atoms with Crippen LogP contribution in [0.5, 0.6) is 0 Å². The third-order valence-electron chi connectivity index (χ3n) is 1.64. The van der Waals surface area contributed by atoms with Crippen LogP contribution in [0.25, 0.3) is 0 Å². The molecule has 0 aliphatic rings. The Labute approximate surface area is 83.5 Å². The summed E-state index contributed by atoms with van der Waals surface area (Å²) in [5, 5.41) is 0. The first kappa shape index (κ1) is 10.6. The quantitative estimate of drug-likeness (QED) is 0.412. The Morgan fingerprint density at radius 1 is 1.23 bits per heavy atom. The monoisotopic (exact) mass is 198 g/mol. The van der Waals surface area contributed by atoms with Crippen molar-refractivity contribution in [2.45, 2.75) is 13.5 Å². The highest BCUT2D eigenvalue weighted by Gasteiger charge is 1.92. The molecular formula is C10H14O2S. The van der Waals surface area contributed by atoms with E-state index >= 15 is 0 Å². The lowest BCUT2D eigenvalue weighted by Gasteiger charge is -2.02. The summed E-state index contributed by atoms with van der Waals surface area (Å²) in [6.07, 6.45) is 0. The molecule has 72 valence electrons. The topological polar surface area (TPSA) is 18.5 Å². The SMILES string of the molecule is COSCOCc1ccc(C)cc1. The van der Waals surface area contributed by atoms with Gasteiger partial charge in [0.25, 0.3) is 0 Å². The maximum absolute atomic E-state index is 5.34. The van der Waals surface area contributed by atoms with E-state index in [0.29, 0.717) is 12.5 Å². The first-order valence-electron chi connectivity index (χ1n) is 4.12. The Balaban J connectivity index is 2.25. The third kappa shape index (κ3) is 4.31. The number of rotatable bonds is 5. The molecule has 1 aromatic rings. The van der Waals surface area contributed by atoms with Gasteiger partial charge in [-0.05, 0) is 12.5 Å². The molecule has 0 aliphatic heterocycles. The zero-order valence-electron chi connectivity index (χ0n) is 7.95. The number of hydrogen-bond acceptors (Lipinski definition) is 3. The van der Waals surface area contributed by atoms with Crippen molar-refractivity contribution in [3.8, 4) is 0 Å². The van der Waals surface area contributed by atoms with E-state index in [-0.39, 0.29) is 0 Å². The van der Waals surface area contributed by atoms with Crippen LogP contribution in [0.15, 0.2) is 24.3 Å². The predicted molar refractivity (Wildman–Crippen MR) is 55.4 cm³/mol. The molecule has 13 heavy (non-hydrogen) atoms. The molecule has 0 N–H and O–H groups in total. The van der Waals surface area contributed by atoms with Gasteiger partial charge in [0.1, 0.15) is 5.94 Å². The molecule has 0 bridgehead atoms. The second kappa shape index (κ2) is 6.02. The van der Waals surface area contributed by atoms with E-state index in [1.54, 1.807) is 7.11 Å². The summed E-state index contributed by atoms with van der Waals surface area (Å²) in [5.41, 5.74) is 2.47. The van der Waals surface area contributed by atoms with Gasteiger partial charge in [-0.15, -0.1) is 0 Å². The fraction of sp³-hybridized carbons (Fsp3) is 0.400. The van der Waals surface area contributed by atoms with Gasteiger partial charge < -0.3 is 8.92 Å². The highest BCUT2D eigenvalue weighted by Crippen LogP contribution is 2.06. The van der Waals surface area contributed by atoms with E-state index in [9.17, 15) is 0 Å². The summed E-state index contributed by atoms with van der Waals surface area (Å²) in [6, 6.07) is 8.32. The van der Waals surface area contributed by atoms with Crippen LogP contribution in [0.3, 0.4) is 0 Å². The molecule has 0 aliphatic carbocycles. The summed E-state index contributed by atoms with van der Waals surface area (Å²) in [4.78, 5) is 0. The molecule has 0 fully saturated rings. The number of benzene rings is 1. The van der Waals surface area contributed by atoms with Crippen LogP contribution in [-0.2, 0) is 15.5 Å². The molecule has 3 heteroatoms. The molecule has 1 aromatic carbocycles. The van der Waals surface area contributed by atoms with Gasteiger partial charge in [0.15, 0.2) is 0 Å². The Kier molecular flexibility index (Phi) is 4.90. The lowest BCUT2D eigenvalue weighted by molar-refractivity contribution is 0.165. The van der Waals surface area contributed by atoms with Gasteiger partial charge in [-0.3, -0.25) is 0 Å². The first-order chi connectivity index (χ1) is 6.33. The van der Waals surface area contributed by atoms with Crippen molar-refractivity contribution in [3.63, 3.8) is 0 Å². The predicted octanol–water partition coefficient (Wildman–Crippen LogP) is 2.76. The molecule has 0 atom stereocenters. The van der Waals surface area contributed by atoms with E-state index in [0.717, 1.165) is 0 Å². The molecule has 1 rings (SSSR count). The standard InChI is InChI=1S/C10H14O2S/c1-9-3-5-10(6-4-9)7-12-8-13-11-2/h3-6H,7-8H2,1-2H3. The van der Waals surface area contributed by atoms with Crippen LogP contribution < -0.4 is 0 Å². The van der Waals surface area contributed by atoms with Crippen LogP contribution in [0.2, 0.25) is 0 Å². The molecule has 0 amide bonds. The summed E-state index contributed by atoms with van der Waals surface area (Å²) in [5.74, 6) is 0.574. The van der Waals surface area contributed by atoms with Gasteiger partial charge in [0.05, 0.1) is 13.7 Å². The van der Waals surface area contributed by atoms with Gasteiger partial charge in [0.2, 0.25) is 0 Å². The van der Waals surface area contributed by atoms with Crippen LogP contribution in [0.1, 0.15) is 11.1 Å². The summed E-state index contributed by atoms with van der Waals surface area (Å²) < 4.78 is 10.1. The fourth-order valence-electron chi connectivity index (χ4n) is 0.926.